The summed E-state index contributed by atoms with van der Waals surface area (Å²) in [6, 6.07) is 9.94. The molecule has 1 saturated heterocycles. The minimum absolute atomic E-state index is 0.231. The van der Waals surface area contributed by atoms with Gasteiger partial charge in [-0.05, 0) is 31.3 Å². The standard InChI is InChI=1S/C21H22N8O2/c1-27-7-9-28(10-8-27)16-4-2-3-15(12-16)23-18-5-6-29-19(25-18)14(13-22-29)11-17-20(30)26-21(31)24-17/h2-6,11-13,30H,7-10H2,1H3,(H2,24,26,31)/b14-11-,23-18?. The Morgan fingerprint density at radius 3 is 2.77 bits per heavy atom. The van der Waals surface area contributed by atoms with Gasteiger partial charge in [-0.2, -0.15) is 5.10 Å². The van der Waals surface area contributed by atoms with Crippen LogP contribution in [0.15, 0.2) is 52.5 Å². The van der Waals surface area contributed by atoms with E-state index in [0.29, 0.717) is 16.4 Å². The first-order chi connectivity index (χ1) is 15.0. The van der Waals surface area contributed by atoms with Gasteiger partial charge in [0, 0.05) is 49.3 Å². The van der Waals surface area contributed by atoms with Crippen molar-refractivity contribution in [3.8, 4) is 5.88 Å². The molecule has 0 bridgehead atoms. The number of aromatic hydroxyl groups is 1. The summed E-state index contributed by atoms with van der Waals surface area (Å²) in [7, 11) is 2.14. The Hall–Kier alpha value is -3.92. The fourth-order valence-corrected chi connectivity index (χ4v) is 3.64. The third-order valence-corrected chi connectivity index (χ3v) is 5.36. The first-order valence-corrected chi connectivity index (χ1v) is 10.0. The van der Waals surface area contributed by atoms with Crippen LogP contribution in [0.25, 0.3) is 11.7 Å². The number of piperazine rings is 1. The predicted octanol–water partition coefficient (Wildman–Crippen LogP) is -0.0168. The zero-order chi connectivity index (χ0) is 21.4. The third kappa shape index (κ3) is 3.92. The highest BCUT2D eigenvalue weighted by atomic mass is 16.3. The van der Waals surface area contributed by atoms with Crippen LogP contribution in [-0.2, 0) is 0 Å². The number of benzene rings is 1. The fourth-order valence-electron chi connectivity index (χ4n) is 3.64. The Balaban J connectivity index is 1.52. The van der Waals surface area contributed by atoms with Crippen LogP contribution in [0.3, 0.4) is 0 Å². The number of aromatic amines is 2. The van der Waals surface area contributed by atoms with Crippen molar-refractivity contribution in [2.45, 2.75) is 0 Å². The van der Waals surface area contributed by atoms with Gasteiger partial charge in [0.05, 0.1) is 11.9 Å². The number of hydrogen-bond donors (Lipinski definition) is 3. The molecule has 31 heavy (non-hydrogen) atoms. The van der Waals surface area contributed by atoms with E-state index in [9.17, 15) is 9.90 Å². The van der Waals surface area contributed by atoms with Crippen molar-refractivity contribution < 1.29 is 5.11 Å². The van der Waals surface area contributed by atoms with E-state index in [0.717, 1.165) is 37.6 Å². The van der Waals surface area contributed by atoms with Crippen LogP contribution in [0.2, 0.25) is 0 Å². The minimum Gasteiger partial charge on any atom is -0.493 e. The van der Waals surface area contributed by atoms with Crippen molar-refractivity contribution in [2.24, 2.45) is 4.99 Å². The average Bonchev–Trinajstić information content (AvgIpc) is 3.31. The summed E-state index contributed by atoms with van der Waals surface area (Å²) in [5.41, 5.74) is 2.88. The second-order valence-corrected chi connectivity index (χ2v) is 7.56. The summed E-state index contributed by atoms with van der Waals surface area (Å²) in [5.74, 6) is -0.231. The van der Waals surface area contributed by atoms with Crippen LogP contribution in [0.4, 0.5) is 11.4 Å². The lowest BCUT2D eigenvalue weighted by molar-refractivity contribution is 0.313. The first kappa shape index (κ1) is 19.1. The van der Waals surface area contributed by atoms with Crippen LogP contribution >= 0.6 is 0 Å². The van der Waals surface area contributed by atoms with Crippen molar-refractivity contribution in [3.05, 3.63) is 69.6 Å². The van der Waals surface area contributed by atoms with E-state index in [1.807, 2.05) is 12.1 Å². The van der Waals surface area contributed by atoms with E-state index in [1.54, 1.807) is 29.1 Å². The Labute approximate surface area is 176 Å². The molecule has 0 unspecified atom stereocenters. The number of hydrogen-bond acceptors (Lipinski definition) is 7. The lowest BCUT2D eigenvalue weighted by Gasteiger charge is -2.34. The summed E-state index contributed by atoms with van der Waals surface area (Å²) < 4.78 is 1.62. The highest BCUT2D eigenvalue weighted by molar-refractivity contribution is 5.57. The molecule has 3 aromatic heterocycles. The first-order valence-electron chi connectivity index (χ1n) is 10.0. The number of imidazole rings is 1. The zero-order valence-corrected chi connectivity index (χ0v) is 17.0. The maximum absolute atomic E-state index is 11.4. The zero-order valence-electron chi connectivity index (χ0n) is 17.0. The molecule has 0 radical (unpaired) electrons. The van der Waals surface area contributed by atoms with E-state index >= 15 is 0 Å². The van der Waals surface area contributed by atoms with Gasteiger partial charge in [0.1, 0.15) is 5.69 Å². The highest BCUT2D eigenvalue weighted by Gasteiger charge is 2.14. The van der Waals surface area contributed by atoms with Gasteiger partial charge in [0.15, 0.2) is 11.1 Å². The molecule has 0 atom stereocenters. The molecule has 10 nitrogen and oxygen atoms in total. The Bertz CT molecular complexity index is 1410. The van der Waals surface area contributed by atoms with Crippen LogP contribution in [0.1, 0.15) is 5.69 Å². The van der Waals surface area contributed by atoms with Gasteiger partial charge in [-0.1, -0.05) is 6.07 Å². The molecule has 3 N–H and O–H groups in total. The van der Waals surface area contributed by atoms with E-state index in [4.69, 9.17) is 4.99 Å². The summed E-state index contributed by atoms with van der Waals surface area (Å²) >= 11 is 0. The van der Waals surface area contributed by atoms with E-state index in [2.05, 4.69) is 49.0 Å². The predicted molar refractivity (Wildman–Crippen MR) is 116 cm³/mol. The van der Waals surface area contributed by atoms with Crippen molar-refractivity contribution in [3.63, 3.8) is 0 Å². The quantitative estimate of drug-likeness (QED) is 0.431. The number of likely N-dealkylation sites (N-methyl/N-ethyl adjacent to an activating group) is 1. The van der Waals surface area contributed by atoms with E-state index in [-0.39, 0.29) is 11.6 Å². The van der Waals surface area contributed by atoms with Gasteiger partial charge >= 0.3 is 5.69 Å². The molecule has 4 aromatic rings. The molecule has 1 fully saturated rings. The molecule has 0 spiro atoms. The van der Waals surface area contributed by atoms with Gasteiger partial charge in [-0.15, -0.1) is 0 Å². The van der Waals surface area contributed by atoms with Crippen LogP contribution in [0, 0.1) is 0 Å². The molecular formula is C21H22N8O2. The largest absolute Gasteiger partial charge is 0.493 e. The summed E-state index contributed by atoms with van der Waals surface area (Å²) in [6.45, 7) is 4.07. The van der Waals surface area contributed by atoms with Crippen LogP contribution < -0.4 is 21.3 Å². The molecular weight excluding hydrogens is 396 g/mol. The summed E-state index contributed by atoms with van der Waals surface area (Å²) in [6.07, 6.45) is 5.01. The van der Waals surface area contributed by atoms with Gasteiger partial charge in [0.2, 0.25) is 5.88 Å². The number of nitrogens with zero attached hydrogens (tertiary/aromatic N) is 6. The average molecular weight is 418 g/mol. The topological polar surface area (TPSA) is 118 Å². The number of nitrogens with one attached hydrogen (secondary N) is 2. The van der Waals surface area contributed by atoms with E-state index < -0.39 is 5.69 Å². The highest BCUT2D eigenvalue weighted by Crippen LogP contribution is 2.22. The van der Waals surface area contributed by atoms with E-state index in [1.165, 1.54) is 0 Å². The van der Waals surface area contributed by atoms with Gasteiger partial charge in [-0.25, -0.2) is 19.3 Å². The maximum atomic E-state index is 11.4. The molecule has 158 valence electrons. The van der Waals surface area contributed by atoms with Crippen molar-refractivity contribution >= 4 is 23.1 Å². The molecule has 4 heterocycles. The fraction of sp³-hybridized carbons (Fsp3) is 0.238. The normalized spacial score (nSPS) is 16.5. The second-order valence-electron chi connectivity index (χ2n) is 7.56. The summed E-state index contributed by atoms with van der Waals surface area (Å²) in [4.78, 5) is 30.2. The van der Waals surface area contributed by atoms with Crippen molar-refractivity contribution in [2.75, 3.05) is 38.1 Å². The van der Waals surface area contributed by atoms with Gasteiger partial charge in [0.25, 0.3) is 0 Å². The third-order valence-electron chi connectivity index (χ3n) is 5.36. The number of H-pyrrole nitrogens is 2. The minimum atomic E-state index is -0.482. The molecule has 10 heteroatoms. The number of anilines is 1. The maximum Gasteiger partial charge on any atom is 0.326 e. The molecule has 0 saturated carbocycles. The second kappa shape index (κ2) is 7.73. The van der Waals surface area contributed by atoms with Crippen molar-refractivity contribution in [1.29, 1.82) is 0 Å². The Morgan fingerprint density at radius 1 is 1.16 bits per heavy atom. The SMILES string of the molecule is CN1CCN(c2cccc(N=c3ccn4nc/c(=C/c5[nH]c(=O)[nH]c5O)c4n3)c2)CC1. The number of aromatic nitrogens is 5. The van der Waals surface area contributed by atoms with Crippen LogP contribution in [-0.4, -0.2) is 67.8 Å². The Morgan fingerprint density at radius 2 is 2.00 bits per heavy atom. The lowest BCUT2D eigenvalue weighted by Crippen LogP contribution is -2.44. The molecule has 5 rings (SSSR count). The molecule has 1 aliphatic heterocycles. The molecule has 0 aliphatic carbocycles. The van der Waals surface area contributed by atoms with Gasteiger partial charge in [-0.3, -0.25) is 4.98 Å². The van der Waals surface area contributed by atoms with Crippen LogP contribution in [0.5, 0.6) is 5.88 Å². The molecule has 0 amide bonds. The molecule has 1 aromatic carbocycles. The van der Waals surface area contributed by atoms with Crippen molar-refractivity contribution in [1.82, 2.24) is 29.5 Å². The molecule has 1 aliphatic rings. The lowest BCUT2D eigenvalue weighted by atomic mass is 10.2. The van der Waals surface area contributed by atoms with Gasteiger partial charge < -0.3 is 19.9 Å². The Kier molecular flexibility index (Phi) is 4.75. The summed E-state index contributed by atoms with van der Waals surface area (Å²) in [5, 5.41) is 14.7. The smallest absolute Gasteiger partial charge is 0.326 e. The monoisotopic (exact) mass is 418 g/mol. The number of rotatable bonds is 3. The number of fused-ring (bicyclic) bond motifs is 1.